The van der Waals surface area contributed by atoms with Crippen LogP contribution in [0.4, 0.5) is 0 Å². The highest BCUT2D eigenvalue weighted by atomic mass is 16.5. The average Bonchev–Trinajstić information content (AvgIpc) is 3.07. The number of esters is 1. The van der Waals surface area contributed by atoms with Gasteiger partial charge in [0.2, 0.25) is 11.8 Å². The van der Waals surface area contributed by atoms with Gasteiger partial charge in [-0.1, -0.05) is 0 Å². The number of ether oxygens (including phenoxy) is 1. The van der Waals surface area contributed by atoms with Crippen LogP contribution in [0.5, 0.6) is 0 Å². The number of nitrogens with one attached hydrogen (secondary N) is 1. The molecule has 1 aliphatic heterocycles. The number of carbonyl (C=O) groups is 3. The van der Waals surface area contributed by atoms with E-state index in [-0.39, 0.29) is 24.8 Å². The predicted octanol–water partition coefficient (Wildman–Crippen LogP) is -0.0827. The zero-order valence-corrected chi connectivity index (χ0v) is 11.1. The van der Waals surface area contributed by atoms with Gasteiger partial charge in [0.1, 0.15) is 12.3 Å². The van der Waals surface area contributed by atoms with Crippen molar-refractivity contribution in [1.29, 1.82) is 0 Å². The second kappa shape index (κ2) is 6.23. The van der Waals surface area contributed by atoms with E-state index < -0.39 is 11.9 Å². The third kappa shape index (κ3) is 3.37. The second-order valence-corrected chi connectivity index (χ2v) is 4.55. The van der Waals surface area contributed by atoms with Gasteiger partial charge in [-0.05, 0) is 12.1 Å². The van der Waals surface area contributed by atoms with Gasteiger partial charge in [-0.25, -0.2) is 0 Å². The lowest BCUT2D eigenvalue weighted by Crippen LogP contribution is -2.36. The van der Waals surface area contributed by atoms with Crippen molar-refractivity contribution in [1.82, 2.24) is 10.2 Å². The molecule has 1 atom stereocenters. The maximum Gasteiger partial charge on any atom is 0.325 e. The minimum atomic E-state index is -0.518. The topological polar surface area (TPSA) is 88.8 Å². The lowest BCUT2D eigenvalue weighted by Gasteiger charge is -2.14. The molecule has 0 aliphatic carbocycles. The van der Waals surface area contributed by atoms with Crippen molar-refractivity contribution in [2.75, 3.05) is 20.2 Å². The first-order valence-corrected chi connectivity index (χ1v) is 6.25. The Bertz CT molecular complexity index is 497. The van der Waals surface area contributed by atoms with Gasteiger partial charge in [0, 0.05) is 13.0 Å². The third-order valence-electron chi connectivity index (χ3n) is 3.15. The summed E-state index contributed by atoms with van der Waals surface area (Å²) in [6.45, 7) is 0.497. The number of nitrogens with zero attached hydrogens (tertiary/aromatic N) is 1. The van der Waals surface area contributed by atoms with Crippen molar-refractivity contribution in [2.45, 2.75) is 13.0 Å². The number of methoxy groups -OCH3 is 1. The highest BCUT2D eigenvalue weighted by Gasteiger charge is 2.34. The Morgan fingerprint density at radius 1 is 1.55 bits per heavy atom. The Labute approximate surface area is 115 Å². The Hall–Kier alpha value is -2.31. The van der Waals surface area contributed by atoms with E-state index in [0.29, 0.717) is 18.8 Å². The molecule has 2 rings (SSSR count). The number of furan rings is 1. The van der Waals surface area contributed by atoms with Crippen LogP contribution in [0.25, 0.3) is 0 Å². The molecule has 1 aliphatic rings. The molecule has 1 aromatic heterocycles. The predicted molar refractivity (Wildman–Crippen MR) is 67.3 cm³/mol. The largest absolute Gasteiger partial charge is 0.468 e. The minimum absolute atomic E-state index is 0.0976. The van der Waals surface area contributed by atoms with E-state index in [9.17, 15) is 14.4 Å². The number of carbonyl (C=O) groups excluding carboxylic acids is 3. The minimum Gasteiger partial charge on any atom is -0.468 e. The molecule has 0 radical (unpaired) electrons. The van der Waals surface area contributed by atoms with Crippen LogP contribution in [0.3, 0.4) is 0 Å². The Morgan fingerprint density at radius 3 is 3.00 bits per heavy atom. The van der Waals surface area contributed by atoms with E-state index in [1.54, 1.807) is 17.0 Å². The van der Waals surface area contributed by atoms with Gasteiger partial charge in [-0.15, -0.1) is 0 Å². The summed E-state index contributed by atoms with van der Waals surface area (Å²) in [5.41, 5.74) is 0. The van der Waals surface area contributed by atoms with Gasteiger partial charge in [0.25, 0.3) is 0 Å². The molecule has 2 heterocycles. The SMILES string of the molecule is COC(=O)CNC(=O)C1CC(=O)N(Cc2ccco2)C1. The summed E-state index contributed by atoms with van der Waals surface area (Å²) in [5.74, 6) is -0.698. The maximum atomic E-state index is 11.8. The molecule has 1 unspecified atom stereocenters. The highest BCUT2D eigenvalue weighted by molar-refractivity contribution is 5.90. The first-order chi connectivity index (χ1) is 9.60. The van der Waals surface area contributed by atoms with Crippen LogP contribution in [-0.4, -0.2) is 42.9 Å². The van der Waals surface area contributed by atoms with Crippen LogP contribution >= 0.6 is 0 Å². The number of hydrogen-bond donors (Lipinski definition) is 1. The summed E-state index contributed by atoms with van der Waals surface area (Å²) in [5, 5.41) is 2.46. The molecule has 1 fully saturated rings. The maximum absolute atomic E-state index is 11.8. The molecule has 2 amide bonds. The fraction of sp³-hybridized carbons (Fsp3) is 0.462. The van der Waals surface area contributed by atoms with Crippen molar-refractivity contribution in [2.24, 2.45) is 5.92 Å². The lowest BCUT2D eigenvalue weighted by atomic mass is 10.1. The highest BCUT2D eigenvalue weighted by Crippen LogP contribution is 2.20. The van der Waals surface area contributed by atoms with Crippen molar-refractivity contribution >= 4 is 17.8 Å². The van der Waals surface area contributed by atoms with Crippen LogP contribution in [0.2, 0.25) is 0 Å². The molecule has 0 spiro atoms. The zero-order valence-electron chi connectivity index (χ0n) is 11.1. The molecule has 0 bridgehead atoms. The fourth-order valence-corrected chi connectivity index (χ4v) is 2.07. The quantitative estimate of drug-likeness (QED) is 0.762. The molecular weight excluding hydrogens is 264 g/mol. The van der Waals surface area contributed by atoms with E-state index in [0.717, 1.165) is 0 Å². The average molecular weight is 280 g/mol. The van der Waals surface area contributed by atoms with Gasteiger partial charge >= 0.3 is 5.97 Å². The summed E-state index contributed by atoms with van der Waals surface area (Å²) in [4.78, 5) is 36.2. The summed E-state index contributed by atoms with van der Waals surface area (Å²) in [7, 11) is 1.25. The summed E-state index contributed by atoms with van der Waals surface area (Å²) in [6.07, 6.45) is 1.68. The Morgan fingerprint density at radius 2 is 2.35 bits per heavy atom. The Kier molecular flexibility index (Phi) is 4.39. The second-order valence-electron chi connectivity index (χ2n) is 4.55. The lowest BCUT2D eigenvalue weighted by molar-refractivity contribution is -0.141. The van der Waals surface area contributed by atoms with Crippen LogP contribution in [-0.2, 0) is 25.7 Å². The molecule has 7 nitrogen and oxygen atoms in total. The van der Waals surface area contributed by atoms with Gasteiger partial charge < -0.3 is 19.4 Å². The van der Waals surface area contributed by atoms with E-state index in [4.69, 9.17) is 4.42 Å². The van der Waals surface area contributed by atoms with E-state index in [2.05, 4.69) is 10.1 Å². The molecule has 1 N–H and O–H groups in total. The number of rotatable bonds is 5. The number of amides is 2. The van der Waals surface area contributed by atoms with Crippen molar-refractivity contribution in [3.8, 4) is 0 Å². The van der Waals surface area contributed by atoms with E-state index >= 15 is 0 Å². The summed E-state index contributed by atoms with van der Waals surface area (Å²) in [6, 6.07) is 3.52. The van der Waals surface area contributed by atoms with Gasteiger partial charge in [-0.2, -0.15) is 0 Å². The van der Waals surface area contributed by atoms with Crippen molar-refractivity contribution < 1.29 is 23.5 Å². The Balaban J connectivity index is 1.85. The zero-order chi connectivity index (χ0) is 14.5. The fourth-order valence-electron chi connectivity index (χ4n) is 2.07. The third-order valence-corrected chi connectivity index (χ3v) is 3.15. The van der Waals surface area contributed by atoms with Crippen molar-refractivity contribution in [3.63, 3.8) is 0 Å². The number of likely N-dealkylation sites (tertiary alicyclic amines) is 1. The monoisotopic (exact) mass is 280 g/mol. The van der Waals surface area contributed by atoms with E-state index in [1.165, 1.54) is 13.4 Å². The van der Waals surface area contributed by atoms with E-state index in [1.807, 2.05) is 0 Å². The number of hydrogen-bond acceptors (Lipinski definition) is 5. The normalized spacial score (nSPS) is 18.1. The van der Waals surface area contributed by atoms with Gasteiger partial charge in [0.05, 0.1) is 25.8 Å². The van der Waals surface area contributed by atoms with Gasteiger partial charge in [0.15, 0.2) is 0 Å². The standard InChI is InChI=1S/C13H16N2O5/c1-19-12(17)6-14-13(18)9-5-11(16)15(7-9)8-10-3-2-4-20-10/h2-4,9H,5-8H2,1H3,(H,14,18). The van der Waals surface area contributed by atoms with Crippen LogP contribution in [0.1, 0.15) is 12.2 Å². The smallest absolute Gasteiger partial charge is 0.325 e. The first-order valence-electron chi connectivity index (χ1n) is 6.25. The first kappa shape index (κ1) is 14.1. The molecular formula is C13H16N2O5. The molecule has 0 saturated carbocycles. The molecule has 1 aromatic rings. The van der Waals surface area contributed by atoms with Crippen LogP contribution in [0, 0.1) is 5.92 Å². The molecule has 20 heavy (non-hydrogen) atoms. The van der Waals surface area contributed by atoms with Gasteiger partial charge in [-0.3, -0.25) is 14.4 Å². The van der Waals surface area contributed by atoms with Crippen molar-refractivity contribution in [3.05, 3.63) is 24.2 Å². The molecule has 0 aromatic carbocycles. The van der Waals surface area contributed by atoms with Crippen LogP contribution in [0.15, 0.2) is 22.8 Å². The molecule has 108 valence electrons. The summed E-state index contributed by atoms with van der Waals surface area (Å²) >= 11 is 0. The molecule has 1 saturated heterocycles. The molecule has 7 heteroatoms. The van der Waals surface area contributed by atoms with Crippen LogP contribution < -0.4 is 5.32 Å². The summed E-state index contributed by atoms with van der Waals surface area (Å²) < 4.78 is 9.61.